The van der Waals surface area contributed by atoms with Gasteiger partial charge in [-0.25, -0.2) is 0 Å². The van der Waals surface area contributed by atoms with E-state index in [9.17, 15) is 0 Å². The van der Waals surface area contributed by atoms with Crippen molar-refractivity contribution >= 4 is 0 Å². The molecule has 1 rings (SSSR count). The van der Waals surface area contributed by atoms with Crippen LogP contribution in [-0.4, -0.2) is 6.61 Å². The first-order valence-corrected chi connectivity index (χ1v) is 4.12. The van der Waals surface area contributed by atoms with Crippen LogP contribution in [-0.2, 0) is 4.74 Å². The van der Waals surface area contributed by atoms with E-state index in [1.54, 1.807) is 0 Å². The highest BCUT2D eigenvalue weighted by atomic mass is 16.5. The van der Waals surface area contributed by atoms with E-state index < -0.39 is 0 Å². The van der Waals surface area contributed by atoms with Gasteiger partial charge in [0.25, 0.3) is 0 Å². The molecule has 0 aromatic heterocycles. The zero-order valence-corrected chi connectivity index (χ0v) is 6.89. The Kier molecular flexibility index (Phi) is 2.79. The third kappa shape index (κ3) is 2.05. The monoisotopic (exact) mass is 140 g/mol. The summed E-state index contributed by atoms with van der Waals surface area (Å²) in [6, 6.07) is 0. The minimum absolute atomic E-state index is 0.786. The fourth-order valence-electron chi connectivity index (χ4n) is 1.32. The lowest BCUT2D eigenvalue weighted by Gasteiger charge is -2.20. The van der Waals surface area contributed by atoms with Crippen molar-refractivity contribution in [2.75, 3.05) is 6.61 Å². The maximum absolute atomic E-state index is 5.40. The van der Waals surface area contributed by atoms with Crippen LogP contribution >= 0.6 is 0 Å². The Morgan fingerprint density at radius 3 is 3.00 bits per heavy atom. The fourth-order valence-corrected chi connectivity index (χ4v) is 1.32. The van der Waals surface area contributed by atoms with Gasteiger partial charge in [0.15, 0.2) is 0 Å². The topological polar surface area (TPSA) is 9.23 Å². The number of allylic oxidation sites excluding steroid dienone is 2. The molecule has 0 amide bonds. The van der Waals surface area contributed by atoms with Gasteiger partial charge in [0.05, 0.1) is 12.4 Å². The van der Waals surface area contributed by atoms with Crippen LogP contribution in [0.4, 0.5) is 0 Å². The third-order valence-corrected chi connectivity index (χ3v) is 1.98. The van der Waals surface area contributed by atoms with Crippen LogP contribution in [0.25, 0.3) is 0 Å². The summed E-state index contributed by atoms with van der Waals surface area (Å²) >= 11 is 0. The Balaban J connectivity index is 2.27. The summed E-state index contributed by atoms with van der Waals surface area (Å²) in [5.74, 6) is 1.89. The van der Waals surface area contributed by atoms with Crippen molar-refractivity contribution in [1.29, 1.82) is 0 Å². The first-order valence-electron chi connectivity index (χ1n) is 4.12. The minimum atomic E-state index is 0.786. The molecular formula is C9H16O. The minimum Gasteiger partial charge on any atom is -0.498 e. The standard InChI is InChI=1S/C9H16O/c1-3-4-9-6-5-8(2)10-7-9/h5,9H,3-4,6-7H2,1-2H3. The lowest BCUT2D eigenvalue weighted by Crippen LogP contribution is -2.12. The second-order valence-corrected chi connectivity index (χ2v) is 3.02. The second-order valence-electron chi connectivity index (χ2n) is 3.02. The van der Waals surface area contributed by atoms with E-state index in [4.69, 9.17) is 4.74 Å². The summed E-state index contributed by atoms with van der Waals surface area (Å²) < 4.78 is 5.40. The van der Waals surface area contributed by atoms with Gasteiger partial charge in [-0.3, -0.25) is 0 Å². The average Bonchev–Trinajstić information content (AvgIpc) is 1.95. The molecule has 1 aliphatic heterocycles. The van der Waals surface area contributed by atoms with Gasteiger partial charge in [-0.2, -0.15) is 0 Å². The molecule has 0 N–H and O–H groups in total. The number of hydrogen-bond acceptors (Lipinski definition) is 1. The number of ether oxygens (including phenoxy) is 1. The first kappa shape index (κ1) is 7.64. The van der Waals surface area contributed by atoms with Gasteiger partial charge in [-0.1, -0.05) is 13.3 Å². The first-order chi connectivity index (χ1) is 4.83. The van der Waals surface area contributed by atoms with Gasteiger partial charge in [-0.15, -0.1) is 0 Å². The molecule has 1 aliphatic rings. The van der Waals surface area contributed by atoms with Crippen LogP contribution in [0.15, 0.2) is 11.8 Å². The van der Waals surface area contributed by atoms with Gasteiger partial charge in [-0.05, 0) is 31.8 Å². The molecule has 0 aromatic rings. The quantitative estimate of drug-likeness (QED) is 0.573. The smallest absolute Gasteiger partial charge is 0.0908 e. The summed E-state index contributed by atoms with van der Waals surface area (Å²) in [5, 5.41) is 0. The number of hydrogen-bond donors (Lipinski definition) is 0. The molecule has 0 saturated carbocycles. The second kappa shape index (κ2) is 3.65. The molecule has 1 heteroatoms. The summed E-state index contributed by atoms with van der Waals surface area (Å²) in [5.41, 5.74) is 0. The average molecular weight is 140 g/mol. The molecule has 0 fully saturated rings. The van der Waals surface area contributed by atoms with Crippen LogP contribution in [0.2, 0.25) is 0 Å². The van der Waals surface area contributed by atoms with Crippen molar-refractivity contribution in [3.63, 3.8) is 0 Å². The fraction of sp³-hybridized carbons (Fsp3) is 0.778. The van der Waals surface area contributed by atoms with Crippen LogP contribution in [0.5, 0.6) is 0 Å². The Hall–Kier alpha value is -0.460. The van der Waals surface area contributed by atoms with Crippen molar-refractivity contribution < 1.29 is 4.74 Å². The van der Waals surface area contributed by atoms with Crippen molar-refractivity contribution in [2.24, 2.45) is 5.92 Å². The Labute approximate surface area is 63.1 Å². The molecule has 0 aromatic carbocycles. The van der Waals surface area contributed by atoms with Gasteiger partial charge in [0.2, 0.25) is 0 Å². The maximum atomic E-state index is 5.40. The van der Waals surface area contributed by atoms with Crippen molar-refractivity contribution in [3.8, 4) is 0 Å². The van der Waals surface area contributed by atoms with Crippen molar-refractivity contribution in [1.82, 2.24) is 0 Å². The van der Waals surface area contributed by atoms with Crippen LogP contribution < -0.4 is 0 Å². The van der Waals surface area contributed by atoms with E-state index in [1.807, 2.05) is 6.92 Å². The molecule has 1 nitrogen and oxygen atoms in total. The van der Waals surface area contributed by atoms with E-state index in [-0.39, 0.29) is 0 Å². The van der Waals surface area contributed by atoms with Crippen LogP contribution in [0.1, 0.15) is 33.1 Å². The zero-order valence-electron chi connectivity index (χ0n) is 6.89. The molecule has 10 heavy (non-hydrogen) atoms. The predicted octanol–water partition coefficient (Wildman–Crippen LogP) is 2.73. The van der Waals surface area contributed by atoms with Crippen molar-refractivity contribution in [2.45, 2.75) is 33.1 Å². The largest absolute Gasteiger partial charge is 0.498 e. The molecule has 0 radical (unpaired) electrons. The van der Waals surface area contributed by atoms with Gasteiger partial charge in [0, 0.05) is 0 Å². The van der Waals surface area contributed by atoms with Gasteiger partial charge < -0.3 is 4.74 Å². The Morgan fingerprint density at radius 1 is 1.70 bits per heavy atom. The summed E-state index contributed by atoms with van der Waals surface area (Å²) in [4.78, 5) is 0. The molecule has 0 aliphatic carbocycles. The maximum Gasteiger partial charge on any atom is 0.0908 e. The van der Waals surface area contributed by atoms with Gasteiger partial charge in [0.1, 0.15) is 0 Å². The summed E-state index contributed by atoms with van der Waals surface area (Å²) in [6.45, 7) is 5.20. The highest BCUT2D eigenvalue weighted by Gasteiger charge is 2.11. The van der Waals surface area contributed by atoms with Crippen LogP contribution in [0.3, 0.4) is 0 Å². The van der Waals surface area contributed by atoms with E-state index in [2.05, 4.69) is 13.0 Å². The SMILES string of the molecule is CCCC1CC=C(C)OC1. The Morgan fingerprint density at radius 2 is 2.50 bits per heavy atom. The van der Waals surface area contributed by atoms with Crippen LogP contribution in [0, 0.1) is 5.92 Å². The highest BCUT2D eigenvalue weighted by molar-refractivity contribution is 4.93. The van der Waals surface area contributed by atoms with E-state index in [1.165, 1.54) is 19.3 Å². The normalized spacial score (nSPS) is 25.4. The van der Waals surface area contributed by atoms with E-state index in [0.29, 0.717) is 0 Å². The van der Waals surface area contributed by atoms with Gasteiger partial charge >= 0.3 is 0 Å². The zero-order chi connectivity index (χ0) is 7.40. The molecule has 58 valence electrons. The molecular weight excluding hydrogens is 124 g/mol. The molecule has 1 heterocycles. The summed E-state index contributed by atoms with van der Waals surface area (Å²) in [6.07, 6.45) is 6.01. The number of rotatable bonds is 2. The van der Waals surface area contributed by atoms with E-state index in [0.717, 1.165) is 18.3 Å². The molecule has 1 atom stereocenters. The molecule has 1 unspecified atom stereocenters. The Bertz CT molecular complexity index is 127. The van der Waals surface area contributed by atoms with E-state index >= 15 is 0 Å². The lowest BCUT2D eigenvalue weighted by atomic mass is 9.99. The highest BCUT2D eigenvalue weighted by Crippen LogP contribution is 2.19. The molecule has 0 bridgehead atoms. The molecule has 0 spiro atoms. The predicted molar refractivity (Wildman–Crippen MR) is 42.7 cm³/mol. The lowest BCUT2D eigenvalue weighted by molar-refractivity contribution is 0.143. The summed E-state index contributed by atoms with van der Waals surface area (Å²) in [7, 11) is 0. The third-order valence-electron chi connectivity index (χ3n) is 1.98. The van der Waals surface area contributed by atoms with Crippen molar-refractivity contribution in [3.05, 3.63) is 11.8 Å². The molecule has 0 saturated heterocycles.